The molecule has 0 spiro atoms. The first-order chi connectivity index (χ1) is 11.5. The number of hydrogen-bond acceptors (Lipinski definition) is 5. The molecule has 0 aliphatic carbocycles. The van der Waals surface area contributed by atoms with Crippen LogP contribution in [0.5, 0.6) is 0 Å². The van der Waals surface area contributed by atoms with E-state index in [1.807, 2.05) is 0 Å². The fourth-order valence-corrected chi connectivity index (χ4v) is 3.07. The Hall–Kier alpha value is -2.69. The Kier molecular flexibility index (Phi) is 4.97. The fraction of sp³-hybridized carbons (Fsp3) is 0.214. The largest absolute Gasteiger partial charge is 0.417 e. The van der Waals surface area contributed by atoms with Crippen molar-refractivity contribution in [1.82, 2.24) is 14.9 Å². The van der Waals surface area contributed by atoms with E-state index in [4.69, 9.17) is 5.73 Å². The summed E-state index contributed by atoms with van der Waals surface area (Å²) in [6.07, 6.45) is -0.694. The third kappa shape index (κ3) is 4.24. The van der Waals surface area contributed by atoms with E-state index in [0.29, 0.717) is 6.20 Å². The molecule has 0 aromatic carbocycles. The topological polar surface area (TPSA) is 102 Å². The SMILES string of the molecule is CN(C)C=NS(=O)(=O)c1c(N)ccnc1-c1cncc(C(F)(F)F)c1. The highest BCUT2D eigenvalue weighted by molar-refractivity contribution is 7.90. The van der Waals surface area contributed by atoms with Crippen LogP contribution in [0.15, 0.2) is 40.0 Å². The molecule has 25 heavy (non-hydrogen) atoms. The smallest absolute Gasteiger partial charge is 0.398 e. The maximum Gasteiger partial charge on any atom is 0.417 e. The Bertz CT molecular complexity index is 911. The molecule has 2 N–H and O–H groups in total. The van der Waals surface area contributed by atoms with Crippen molar-refractivity contribution in [3.05, 3.63) is 36.3 Å². The van der Waals surface area contributed by atoms with Crippen LogP contribution in [0.25, 0.3) is 11.3 Å². The summed E-state index contributed by atoms with van der Waals surface area (Å²) < 4.78 is 67.0. The van der Waals surface area contributed by atoms with Gasteiger partial charge in [-0.05, 0) is 12.1 Å². The molecule has 0 saturated carbocycles. The van der Waals surface area contributed by atoms with E-state index < -0.39 is 26.7 Å². The summed E-state index contributed by atoms with van der Waals surface area (Å²) in [6, 6.07) is 1.98. The Morgan fingerprint density at radius 3 is 2.56 bits per heavy atom. The van der Waals surface area contributed by atoms with E-state index in [1.54, 1.807) is 14.1 Å². The average Bonchev–Trinajstić information content (AvgIpc) is 2.52. The van der Waals surface area contributed by atoms with Gasteiger partial charge in [-0.3, -0.25) is 9.97 Å². The molecule has 2 aromatic rings. The van der Waals surface area contributed by atoms with Gasteiger partial charge in [0, 0.05) is 38.2 Å². The molecule has 2 heterocycles. The van der Waals surface area contributed by atoms with Crippen LogP contribution in [-0.2, 0) is 16.2 Å². The van der Waals surface area contributed by atoms with Crippen molar-refractivity contribution >= 4 is 22.0 Å². The normalized spacial score (nSPS) is 12.5. The standard InChI is InChI=1S/C14H14F3N5O2S/c1-22(2)8-21-25(23,24)13-11(18)3-4-20-12(13)9-5-10(7-19-6-9)14(15,16)17/h3-8H,1-2H3,(H2,18,20). The van der Waals surface area contributed by atoms with Crippen molar-refractivity contribution in [1.29, 1.82) is 0 Å². The van der Waals surface area contributed by atoms with Gasteiger partial charge in [0.25, 0.3) is 10.0 Å². The van der Waals surface area contributed by atoms with Crippen LogP contribution >= 0.6 is 0 Å². The van der Waals surface area contributed by atoms with E-state index in [1.165, 1.54) is 17.2 Å². The summed E-state index contributed by atoms with van der Waals surface area (Å²) in [5.74, 6) is 0. The molecule has 0 fully saturated rings. The highest BCUT2D eigenvalue weighted by Crippen LogP contribution is 2.34. The van der Waals surface area contributed by atoms with Crippen molar-refractivity contribution in [3.8, 4) is 11.3 Å². The number of aromatic nitrogens is 2. The maximum absolute atomic E-state index is 12.9. The van der Waals surface area contributed by atoms with Gasteiger partial charge in [-0.1, -0.05) is 0 Å². The zero-order valence-corrected chi connectivity index (χ0v) is 14.0. The predicted molar refractivity (Wildman–Crippen MR) is 86.2 cm³/mol. The van der Waals surface area contributed by atoms with Crippen LogP contribution in [0.4, 0.5) is 18.9 Å². The summed E-state index contributed by atoms with van der Waals surface area (Å²) in [6.45, 7) is 0. The van der Waals surface area contributed by atoms with Crippen LogP contribution in [-0.4, -0.2) is 43.7 Å². The molecule has 0 unspecified atom stereocenters. The van der Waals surface area contributed by atoms with E-state index in [9.17, 15) is 21.6 Å². The van der Waals surface area contributed by atoms with Gasteiger partial charge in [-0.2, -0.15) is 21.6 Å². The number of pyridine rings is 2. The second-order valence-corrected chi connectivity index (χ2v) is 6.77. The lowest BCUT2D eigenvalue weighted by molar-refractivity contribution is -0.137. The first-order valence-electron chi connectivity index (χ1n) is 6.76. The highest BCUT2D eigenvalue weighted by Gasteiger charge is 2.32. The second-order valence-electron chi connectivity index (χ2n) is 5.20. The number of halogens is 3. The lowest BCUT2D eigenvalue weighted by atomic mass is 10.1. The number of anilines is 1. The zero-order valence-electron chi connectivity index (χ0n) is 13.2. The number of nitrogens with two attached hydrogens (primary N) is 1. The number of rotatable bonds is 4. The molecular weight excluding hydrogens is 359 g/mol. The van der Waals surface area contributed by atoms with E-state index >= 15 is 0 Å². The van der Waals surface area contributed by atoms with Crippen molar-refractivity contribution in [2.24, 2.45) is 4.40 Å². The first kappa shape index (κ1) is 18.6. The minimum atomic E-state index is -4.63. The van der Waals surface area contributed by atoms with Crippen LogP contribution in [0.1, 0.15) is 5.56 Å². The van der Waals surface area contributed by atoms with Gasteiger partial charge in [0.05, 0.1) is 16.9 Å². The molecule has 0 aliphatic heterocycles. The van der Waals surface area contributed by atoms with Gasteiger partial charge >= 0.3 is 6.18 Å². The van der Waals surface area contributed by atoms with Crippen molar-refractivity contribution < 1.29 is 21.6 Å². The van der Waals surface area contributed by atoms with Gasteiger partial charge in [0.2, 0.25) is 0 Å². The van der Waals surface area contributed by atoms with Gasteiger partial charge in [0.1, 0.15) is 11.2 Å². The van der Waals surface area contributed by atoms with Gasteiger partial charge in [0.15, 0.2) is 0 Å². The Labute approximate surface area is 142 Å². The monoisotopic (exact) mass is 373 g/mol. The van der Waals surface area contributed by atoms with E-state index in [2.05, 4.69) is 14.4 Å². The number of sulfonamides is 1. The lowest BCUT2D eigenvalue weighted by Crippen LogP contribution is -2.12. The van der Waals surface area contributed by atoms with Gasteiger partial charge in [-0.25, -0.2) is 0 Å². The fourth-order valence-electron chi connectivity index (χ4n) is 1.87. The molecule has 0 aliphatic rings. The molecule has 7 nitrogen and oxygen atoms in total. The lowest BCUT2D eigenvalue weighted by Gasteiger charge is -2.12. The van der Waals surface area contributed by atoms with Gasteiger partial charge < -0.3 is 10.6 Å². The third-order valence-electron chi connectivity index (χ3n) is 2.95. The minimum Gasteiger partial charge on any atom is -0.398 e. The molecular formula is C14H14F3N5O2S. The summed E-state index contributed by atoms with van der Waals surface area (Å²) in [7, 11) is -1.16. The quantitative estimate of drug-likeness (QED) is 0.650. The van der Waals surface area contributed by atoms with E-state index in [0.717, 1.165) is 18.6 Å². The maximum atomic E-state index is 12.9. The molecule has 2 aromatic heterocycles. The summed E-state index contributed by atoms with van der Waals surface area (Å²) in [5, 5.41) is 0. The predicted octanol–water partition coefficient (Wildman–Crippen LogP) is 2.02. The number of alkyl halides is 3. The Morgan fingerprint density at radius 1 is 1.28 bits per heavy atom. The molecule has 2 rings (SSSR count). The van der Waals surface area contributed by atoms with Crippen molar-refractivity contribution in [3.63, 3.8) is 0 Å². The Morgan fingerprint density at radius 2 is 1.96 bits per heavy atom. The number of hydrogen-bond donors (Lipinski definition) is 1. The van der Waals surface area contributed by atoms with Gasteiger partial charge in [-0.15, -0.1) is 4.40 Å². The molecule has 0 saturated heterocycles. The summed E-state index contributed by atoms with van der Waals surface area (Å²) in [4.78, 5) is 8.29. The molecule has 0 bridgehead atoms. The average molecular weight is 373 g/mol. The minimum absolute atomic E-state index is 0.138. The second kappa shape index (κ2) is 6.67. The number of nitrogen functional groups attached to an aromatic ring is 1. The Balaban J connectivity index is 2.68. The van der Waals surface area contributed by atoms with Crippen LogP contribution < -0.4 is 5.73 Å². The highest BCUT2D eigenvalue weighted by atomic mass is 32.2. The molecule has 0 atom stereocenters. The zero-order chi connectivity index (χ0) is 18.8. The van der Waals surface area contributed by atoms with Crippen LogP contribution in [0, 0.1) is 0 Å². The molecule has 0 amide bonds. The summed E-state index contributed by atoms with van der Waals surface area (Å²) >= 11 is 0. The van der Waals surface area contributed by atoms with Crippen LogP contribution in [0.2, 0.25) is 0 Å². The van der Waals surface area contributed by atoms with E-state index in [-0.39, 0.29) is 16.9 Å². The molecule has 0 radical (unpaired) electrons. The summed E-state index contributed by atoms with van der Waals surface area (Å²) in [5.41, 5.74) is 4.12. The first-order valence-corrected chi connectivity index (χ1v) is 8.20. The van der Waals surface area contributed by atoms with Crippen LogP contribution in [0.3, 0.4) is 0 Å². The number of nitrogens with zero attached hydrogens (tertiary/aromatic N) is 4. The molecule has 11 heteroatoms. The third-order valence-corrected chi connectivity index (χ3v) is 4.27. The molecule has 134 valence electrons. The van der Waals surface area contributed by atoms with Crippen molar-refractivity contribution in [2.75, 3.05) is 19.8 Å². The van der Waals surface area contributed by atoms with Crippen molar-refractivity contribution in [2.45, 2.75) is 11.1 Å².